The molecule has 31 heavy (non-hydrogen) atoms. The molecule has 2 aliphatic heterocycles. The summed E-state index contributed by atoms with van der Waals surface area (Å²) in [5.74, 6) is 1.31. The van der Waals surface area contributed by atoms with E-state index < -0.39 is 0 Å². The van der Waals surface area contributed by atoms with Crippen molar-refractivity contribution < 1.29 is 19.0 Å². The van der Waals surface area contributed by atoms with Gasteiger partial charge < -0.3 is 19.1 Å². The van der Waals surface area contributed by atoms with E-state index in [1.165, 1.54) is 0 Å². The number of benzene rings is 2. The van der Waals surface area contributed by atoms with E-state index in [2.05, 4.69) is 4.90 Å². The molecule has 0 spiro atoms. The second kappa shape index (κ2) is 10.2. The maximum Gasteiger partial charge on any atom is 0.251 e. The van der Waals surface area contributed by atoms with Crippen molar-refractivity contribution in [2.45, 2.75) is 6.42 Å². The molecule has 0 N–H and O–H groups in total. The molecule has 4 rings (SSSR count). The van der Waals surface area contributed by atoms with Crippen LogP contribution in [0.2, 0.25) is 5.02 Å². The third kappa shape index (κ3) is 5.39. The molecule has 1 amide bonds. The van der Waals surface area contributed by atoms with Crippen molar-refractivity contribution in [1.82, 2.24) is 4.90 Å². The Labute approximate surface area is 187 Å². The van der Waals surface area contributed by atoms with E-state index in [9.17, 15) is 4.79 Å². The van der Waals surface area contributed by atoms with Gasteiger partial charge in [0, 0.05) is 43.3 Å². The first-order chi connectivity index (χ1) is 15.1. The van der Waals surface area contributed by atoms with Crippen LogP contribution in [-0.4, -0.2) is 63.9 Å². The third-order valence-corrected chi connectivity index (χ3v) is 5.84. The minimum absolute atomic E-state index is 0.0573. The molecule has 0 atom stereocenters. The molecule has 0 saturated carbocycles. The van der Waals surface area contributed by atoms with Crippen molar-refractivity contribution in [2.75, 3.05) is 58.0 Å². The molecule has 0 radical (unpaired) electrons. The summed E-state index contributed by atoms with van der Waals surface area (Å²) in [7, 11) is 1.64. The highest BCUT2D eigenvalue weighted by molar-refractivity contribution is 6.30. The van der Waals surface area contributed by atoms with Gasteiger partial charge in [-0.15, -0.1) is 0 Å². The van der Waals surface area contributed by atoms with Gasteiger partial charge in [0.15, 0.2) is 11.5 Å². The Balaban J connectivity index is 1.44. The highest BCUT2D eigenvalue weighted by Gasteiger charge is 2.26. The molecule has 6 nitrogen and oxygen atoms in total. The molecule has 1 fully saturated rings. The first kappa shape index (κ1) is 21.7. The average molecular weight is 443 g/mol. The standard InChI is InChI=1S/C24H27ClN2O4/c1-29-22-16-19-8-9-27(24(28)7-4-18-2-5-20(25)6-3-18)21(19)17-23(22)31-15-12-26-10-13-30-14-11-26/h2-7,16-17H,8-15H2,1H3/b7-4+. The normalized spacial score (nSPS) is 16.5. The topological polar surface area (TPSA) is 51.2 Å². The van der Waals surface area contributed by atoms with Crippen molar-refractivity contribution in [3.63, 3.8) is 0 Å². The van der Waals surface area contributed by atoms with Crippen LogP contribution in [0.15, 0.2) is 42.5 Å². The molecule has 0 aliphatic carbocycles. The van der Waals surface area contributed by atoms with Crippen LogP contribution in [0.4, 0.5) is 5.69 Å². The monoisotopic (exact) mass is 442 g/mol. The molecule has 0 unspecified atom stereocenters. The van der Waals surface area contributed by atoms with E-state index in [1.807, 2.05) is 36.4 Å². The number of methoxy groups -OCH3 is 1. The van der Waals surface area contributed by atoms with Crippen LogP contribution in [0, 0.1) is 0 Å². The summed E-state index contributed by atoms with van der Waals surface area (Å²) in [6.45, 7) is 5.40. The maximum absolute atomic E-state index is 12.9. The van der Waals surface area contributed by atoms with Gasteiger partial charge in [-0.3, -0.25) is 9.69 Å². The zero-order chi connectivity index (χ0) is 21.6. The number of morpholine rings is 1. The fourth-order valence-electron chi connectivity index (χ4n) is 3.84. The first-order valence-corrected chi connectivity index (χ1v) is 10.9. The van der Waals surface area contributed by atoms with Gasteiger partial charge in [-0.2, -0.15) is 0 Å². The van der Waals surface area contributed by atoms with Crippen molar-refractivity contribution in [2.24, 2.45) is 0 Å². The van der Waals surface area contributed by atoms with E-state index in [0.29, 0.717) is 29.7 Å². The second-order valence-corrected chi connectivity index (χ2v) is 8.00. The lowest BCUT2D eigenvalue weighted by molar-refractivity contribution is -0.114. The van der Waals surface area contributed by atoms with Gasteiger partial charge in [-0.25, -0.2) is 0 Å². The Hall–Kier alpha value is -2.54. The molecule has 2 aliphatic rings. The van der Waals surface area contributed by atoms with E-state index in [-0.39, 0.29) is 5.91 Å². The number of fused-ring (bicyclic) bond motifs is 1. The molecular formula is C24H27ClN2O4. The van der Waals surface area contributed by atoms with Crippen LogP contribution in [0.1, 0.15) is 11.1 Å². The molecule has 2 aromatic rings. The molecule has 0 aromatic heterocycles. The first-order valence-electron chi connectivity index (χ1n) is 10.5. The van der Waals surface area contributed by atoms with Gasteiger partial charge in [-0.05, 0) is 41.8 Å². The molecule has 0 bridgehead atoms. The molecule has 1 saturated heterocycles. The van der Waals surface area contributed by atoms with Crippen LogP contribution in [0.5, 0.6) is 11.5 Å². The predicted molar refractivity (Wildman–Crippen MR) is 122 cm³/mol. The fourth-order valence-corrected chi connectivity index (χ4v) is 3.96. The third-order valence-electron chi connectivity index (χ3n) is 5.58. The van der Waals surface area contributed by atoms with Crippen LogP contribution in [0.25, 0.3) is 6.08 Å². The molecule has 2 aromatic carbocycles. The van der Waals surface area contributed by atoms with Gasteiger partial charge in [0.05, 0.1) is 26.0 Å². The van der Waals surface area contributed by atoms with Crippen molar-refractivity contribution in [1.29, 1.82) is 0 Å². The summed E-state index contributed by atoms with van der Waals surface area (Å²) in [4.78, 5) is 17.0. The predicted octanol–water partition coefficient (Wildman–Crippen LogP) is 3.66. The van der Waals surface area contributed by atoms with Gasteiger partial charge in [0.1, 0.15) is 6.61 Å². The van der Waals surface area contributed by atoms with Gasteiger partial charge in [-0.1, -0.05) is 23.7 Å². The summed E-state index contributed by atoms with van der Waals surface area (Å²) in [6, 6.07) is 11.3. The Kier molecular flexibility index (Phi) is 7.12. The molecule has 7 heteroatoms. The Morgan fingerprint density at radius 3 is 2.65 bits per heavy atom. The van der Waals surface area contributed by atoms with Gasteiger partial charge in [0.2, 0.25) is 0 Å². The van der Waals surface area contributed by atoms with Crippen LogP contribution in [-0.2, 0) is 16.0 Å². The van der Waals surface area contributed by atoms with Gasteiger partial charge >= 0.3 is 0 Å². The Bertz CT molecular complexity index is 939. The number of rotatable bonds is 7. The summed E-state index contributed by atoms with van der Waals surface area (Å²) in [6.07, 6.45) is 4.20. The SMILES string of the molecule is COc1cc2c(cc1OCCN1CCOCC1)N(C(=O)/C=C/c1ccc(Cl)cc1)CC2. The second-order valence-electron chi connectivity index (χ2n) is 7.56. The number of hydrogen-bond acceptors (Lipinski definition) is 5. The number of anilines is 1. The molecule has 2 heterocycles. The zero-order valence-electron chi connectivity index (χ0n) is 17.7. The van der Waals surface area contributed by atoms with Gasteiger partial charge in [0.25, 0.3) is 5.91 Å². The minimum Gasteiger partial charge on any atom is -0.493 e. The van der Waals surface area contributed by atoms with Crippen molar-refractivity contribution in [3.05, 3.63) is 58.6 Å². The van der Waals surface area contributed by atoms with E-state index >= 15 is 0 Å². The summed E-state index contributed by atoms with van der Waals surface area (Å²) in [5, 5.41) is 0.673. The van der Waals surface area contributed by atoms with Crippen LogP contribution in [0.3, 0.4) is 0 Å². The average Bonchev–Trinajstić information content (AvgIpc) is 3.21. The van der Waals surface area contributed by atoms with Crippen molar-refractivity contribution >= 4 is 29.3 Å². The lowest BCUT2D eigenvalue weighted by atomic mass is 10.1. The summed E-state index contributed by atoms with van der Waals surface area (Å²) >= 11 is 5.92. The Morgan fingerprint density at radius 2 is 1.90 bits per heavy atom. The quantitative estimate of drug-likeness (QED) is 0.612. The Morgan fingerprint density at radius 1 is 1.13 bits per heavy atom. The van der Waals surface area contributed by atoms with Crippen LogP contribution >= 0.6 is 11.6 Å². The number of carbonyl (C=O) groups excluding carboxylic acids is 1. The highest BCUT2D eigenvalue weighted by atomic mass is 35.5. The summed E-state index contributed by atoms with van der Waals surface area (Å²) < 4.78 is 17.0. The van der Waals surface area contributed by atoms with E-state index in [0.717, 1.165) is 56.1 Å². The van der Waals surface area contributed by atoms with E-state index in [4.69, 9.17) is 25.8 Å². The number of carbonyl (C=O) groups is 1. The minimum atomic E-state index is -0.0573. The zero-order valence-corrected chi connectivity index (χ0v) is 18.4. The maximum atomic E-state index is 12.9. The number of amides is 1. The van der Waals surface area contributed by atoms with E-state index in [1.54, 1.807) is 24.2 Å². The lowest BCUT2D eigenvalue weighted by Gasteiger charge is -2.26. The number of hydrogen-bond donors (Lipinski definition) is 0. The smallest absolute Gasteiger partial charge is 0.251 e. The number of nitrogens with zero attached hydrogens (tertiary/aromatic N) is 2. The number of halogens is 1. The number of ether oxygens (including phenoxy) is 3. The largest absolute Gasteiger partial charge is 0.493 e. The molecule has 164 valence electrons. The molecular weight excluding hydrogens is 416 g/mol. The fraction of sp³-hybridized carbons (Fsp3) is 0.375. The van der Waals surface area contributed by atoms with Crippen LogP contribution < -0.4 is 14.4 Å². The van der Waals surface area contributed by atoms with Crippen molar-refractivity contribution in [3.8, 4) is 11.5 Å². The highest BCUT2D eigenvalue weighted by Crippen LogP contribution is 2.39. The summed E-state index contributed by atoms with van der Waals surface area (Å²) in [5.41, 5.74) is 2.90. The lowest BCUT2D eigenvalue weighted by Crippen LogP contribution is -2.38.